The highest BCUT2D eigenvalue weighted by atomic mass is 79.9. The second-order valence-electron chi connectivity index (χ2n) is 3.47. The standard InChI is InChI=1S/C12H8BrNO3S/c13-8-1-6-12(11(15)7-8)18-10-4-2-9(3-5-10)14(16)17/h1-7,15H. The average molecular weight is 326 g/mol. The summed E-state index contributed by atoms with van der Waals surface area (Å²) in [4.78, 5) is 11.6. The summed E-state index contributed by atoms with van der Waals surface area (Å²) in [6, 6.07) is 11.4. The molecule has 2 aromatic carbocycles. The Bertz CT molecular complexity index is 586. The first-order valence-electron chi connectivity index (χ1n) is 4.97. The third-order valence-electron chi connectivity index (χ3n) is 2.20. The fourth-order valence-corrected chi connectivity index (χ4v) is 2.51. The number of nitro benzene ring substituents is 1. The van der Waals surface area contributed by atoms with E-state index < -0.39 is 4.92 Å². The zero-order valence-electron chi connectivity index (χ0n) is 9.04. The molecule has 0 atom stereocenters. The van der Waals surface area contributed by atoms with Gasteiger partial charge in [-0.05, 0) is 30.3 Å². The van der Waals surface area contributed by atoms with Crippen LogP contribution in [0.2, 0.25) is 0 Å². The van der Waals surface area contributed by atoms with Crippen LogP contribution < -0.4 is 0 Å². The van der Waals surface area contributed by atoms with Crippen LogP contribution in [0.25, 0.3) is 0 Å². The van der Waals surface area contributed by atoms with Gasteiger partial charge in [-0.25, -0.2) is 0 Å². The van der Waals surface area contributed by atoms with Crippen molar-refractivity contribution in [1.82, 2.24) is 0 Å². The summed E-state index contributed by atoms with van der Waals surface area (Å²) in [5.41, 5.74) is 0.0550. The predicted octanol–water partition coefficient (Wildman–Crippen LogP) is 4.21. The largest absolute Gasteiger partial charge is 0.507 e. The van der Waals surface area contributed by atoms with Crippen molar-refractivity contribution in [2.45, 2.75) is 9.79 Å². The van der Waals surface area contributed by atoms with Gasteiger partial charge >= 0.3 is 0 Å². The third kappa shape index (κ3) is 3.02. The lowest BCUT2D eigenvalue weighted by molar-refractivity contribution is -0.384. The van der Waals surface area contributed by atoms with Gasteiger partial charge in [0.2, 0.25) is 0 Å². The van der Waals surface area contributed by atoms with Gasteiger partial charge in [-0.2, -0.15) is 0 Å². The first kappa shape index (κ1) is 12.9. The molecular formula is C12H8BrNO3S. The molecule has 0 amide bonds. The number of rotatable bonds is 3. The number of phenols is 1. The van der Waals surface area contributed by atoms with Gasteiger partial charge in [-0.15, -0.1) is 0 Å². The Balaban J connectivity index is 2.21. The van der Waals surface area contributed by atoms with Gasteiger partial charge in [0.15, 0.2) is 0 Å². The topological polar surface area (TPSA) is 63.4 Å². The van der Waals surface area contributed by atoms with Gasteiger partial charge in [0.05, 0.1) is 9.82 Å². The summed E-state index contributed by atoms with van der Waals surface area (Å²) >= 11 is 4.61. The first-order valence-corrected chi connectivity index (χ1v) is 6.58. The van der Waals surface area contributed by atoms with Crippen molar-refractivity contribution in [1.29, 1.82) is 0 Å². The monoisotopic (exact) mass is 325 g/mol. The van der Waals surface area contributed by atoms with Crippen LogP contribution in [0.4, 0.5) is 5.69 Å². The highest BCUT2D eigenvalue weighted by molar-refractivity contribution is 9.10. The molecular weight excluding hydrogens is 318 g/mol. The molecule has 0 fully saturated rings. The van der Waals surface area contributed by atoms with Gasteiger partial charge in [-0.1, -0.05) is 27.7 Å². The molecule has 0 aliphatic rings. The van der Waals surface area contributed by atoms with Crippen molar-refractivity contribution in [2.24, 2.45) is 0 Å². The van der Waals surface area contributed by atoms with Crippen LogP contribution in [-0.2, 0) is 0 Å². The maximum atomic E-state index is 10.5. The number of nitro groups is 1. The van der Waals surface area contributed by atoms with E-state index in [0.29, 0.717) is 4.90 Å². The highest BCUT2D eigenvalue weighted by Crippen LogP contribution is 2.36. The number of halogens is 1. The molecule has 0 saturated heterocycles. The molecule has 2 aromatic rings. The summed E-state index contributed by atoms with van der Waals surface area (Å²) in [6.07, 6.45) is 0. The van der Waals surface area contributed by atoms with E-state index >= 15 is 0 Å². The van der Waals surface area contributed by atoms with Crippen LogP contribution in [0.3, 0.4) is 0 Å². The van der Waals surface area contributed by atoms with E-state index in [0.717, 1.165) is 9.37 Å². The van der Waals surface area contributed by atoms with Crippen LogP contribution in [0, 0.1) is 10.1 Å². The fourth-order valence-electron chi connectivity index (χ4n) is 1.34. The van der Waals surface area contributed by atoms with E-state index in [1.54, 1.807) is 24.3 Å². The minimum Gasteiger partial charge on any atom is -0.507 e. The second kappa shape index (κ2) is 5.41. The molecule has 0 aliphatic carbocycles. The quantitative estimate of drug-likeness (QED) is 0.678. The molecule has 0 heterocycles. The number of benzene rings is 2. The van der Waals surface area contributed by atoms with Crippen LogP contribution in [0.1, 0.15) is 0 Å². The SMILES string of the molecule is O=[N+]([O-])c1ccc(Sc2ccc(Br)cc2O)cc1. The number of hydrogen-bond donors (Lipinski definition) is 1. The normalized spacial score (nSPS) is 10.3. The van der Waals surface area contributed by atoms with Crippen molar-refractivity contribution in [3.8, 4) is 5.75 Å². The molecule has 0 unspecified atom stereocenters. The maximum Gasteiger partial charge on any atom is 0.269 e. The Morgan fingerprint density at radius 1 is 1.17 bits per heavy atom. The van der Waals surface area contributed by atoms with Crippen molar-refractivity contribution < 1.29 is 10.0 Å². The van der Waals surface area contributed by atoms with Crippen molar-refractivity contribution in [3.63, 3.8) is 0 Å². The van der Waals surface area contributed by atoms with Crippen molar-refractivity contribution in [3.05, 3.63) is 57.1 Å². The molecule has 1 N–H and O–H groups in total. The van der Waals surface area contributed by atoms with E-state index in [4.69, 9.17) is 0 Å². The lowest BCUT2D eigenvalue weighted by Crippen LogP contribution is -1.86. The van der Waals surface area contributed by atoms with Crippen LogP contribution in [0.15, 0.2) is 56.7 Å². The smallest absolute Gasteiger partial charge is 0.269 e. The first-order chi connectivity index (χ1) is 8.56. The zero-order valence-corrected chi connectivity index (χ0v) is 11.4. The van der Waals surface area contributed by atoms with Gasteiger partial charge < -0.3 is 5.11 Å². The Morgan fingerprint density at radius 2 is 1.83 bits per heavy atom. The molecule has 4 nitrogen and oxygen atoms in total. The molecule has 0 spiro atoms. The van der Waals surface area contributed by atoms with E-state index in [-0.39, 0.29) is 11.4 Å². The summed E-state index contributed by atoms with van der Waals surface area (Å²) in [6.45, 7) is 0. The Labute approximate surface area is 116 Å². The molecule has 0 aliphatic heterocycles. The molecule has 92 valence electrons. The minimum absolute atomic E-state index is 0.0550. The van der Waals surface area contributed by atoms with E-state index in [2.05, 4.69) is 15.9 Å². The average Bonchev–Trinajstić information content (AvgIpc) is 2.33. The van der Waals surface area contributed by atoms with E-state index in [1.165, 1.54) is 23.9 Å². The van der Waals surface area contributed by atoms with Gasteiger partial charge in [-0.3, -0.25) is 10.1 Å². The van der Waals surface area contributed by atoms with Gasteiger partial charge in [0, 0.05) is 21.5 Å². The molecule has 0 radical (unpaired) electrons. The Hall–Kier alpha value is -1.53. The molecule has 6 heteroatoms. The Morgan fingerprint density at radius 3 is 2.39 bits per heavy atom. The number of non-ortho nitro benzene ring substituents is 1. The van der Waals surface area contributed by atoms with Crippen LogP contribution in [-0.4, -0.2) is 10.0 Å². The van der Waals surface area contributed by atoms with Gasteiger partial charge in [0.25, 0.3) is 5.69 Å². The fraction of sp³-hybridized carbons (Fsp3) is 0. The number of nitrogens with zero attached hydrogens (tertiary/aromatic N) is 1. The zero-order chi connectivity index (χ0) is 13.1. The molecule has 2 rings (SSSR count). The lowest BCUT2D eigenvalue weighted by Gasteiger charge is -2.04. The lowest BCUT2D eigenvalue weighted by atomic mass is 10.3. The van der Waals surface area contributed by atoms with Crippen LogP contribution >= 0.6 is 27.7 Å². The minimum atomic E-state index is -0.439. The highest BCUT2D eigenvalue weighted by Gasteiger charge is 2.07. The van der Waals surface area contributed by atoms with E-state index in [1.807, 2.05) is 6.07 Å². The summed E-state index contributed by atoms with van der Waals surface area (Å²) in [5, 5.41) is 20.3. The predicted molar refractivity (Wildman–Crippen MR) is 73.0 cm³/mol. The second-order valence-corrected chi connectivity index (χ2v) is 5.50. The summed E-state index contributed by atoms with van der Waals surface area (Å²) < 4.78 is 0.799. The number of hydrogen-bond acceptors (Lipinski definition) is 4. The summed E-state index contributed by atoms with van der Waals surface area (Å²) in [5.74, 6) is 0.174. The molecule has 0 aromatic heterocycles. The van der Waals surface area contributed by atoms with Gasteiger partial charge in [0.1, 0.15) is 5.75 Å². The Kier molecular flexibility index (Phi) is 3.88. The number of phenolic OH excluding ortho intramolecular Hbond substituents is 1. The number of aromatic hydroxyl groups is 1. The van der Waals surface area contributed by atoms with Crippen LogP contribution in [0.5, 0.6) is 5.75 Å². The maximum absolute atomic E-state index is 10.5. The molecule has 0 bridgehead atoms. The molecule has 0 saturated carbocycles. The van der Waals surface area contributed by atoms with Crippen molar-refractivity contribution >= 4 is 33.4 Å². The summed E-state index contributed by atoms with van der Waals surface area (Å²) in [7, 11) is 0. The third-order valence-corrected chi connectivity index (χ3v) is 3.76. The van der Waals surface area contributed by atoms with Crippen molar-refractivity contribution in [2.75, 3.05) is 0 Å². The molecule has 18 heavy (non-hydrogen) atoms. The van der Waals surface area contributed by atoms with E-state index in [9.17, 15) is 15.2 Å².